The minimum absolute atomic E-state index is 0.181. The van der Waals surface area contributed by atoms with Gasteiger partial charge in [-0.05, 0) is 43.7 Å². The molecule has 9 heteroatoms. The van der Waals surface area contributed by atoms with Gasteiger partial charge < -0.3 is 5.32 Å². The van der Waals surface area contributed by atoms with Crippen molar-refractivity contribution in [1.82, 2.24) is 19.1 Å². The van der Waals surface area contributed by atoms with Gasteiger partial charge >= 0.3 is 5.69 Å². The van der Waals surface area contributed by atoms with Crippen LogP contribution >= 0.6 is 11.8 Å². The van der Waals surface area contributed by atoms with Crippen molar-refractivity contribution in [1.29, 1.82) is 0 Å². The summed E-state index contributed by atoms with van der Waals surface area (Å²) in [6.45, 7) is 12.2. The van der Waals surface area contributed by atoms with E-state index in [2.05, 4.69) is 29.1 Å². The SMILES string of the molecule is CCC(C)c1ccccc1NC(=O)C(C)Sc1nc(C)nc2c1c(=O)n(C)c(=O)n2CC(C)C. The molecule has 2 heterocycles. The maximum atomic E-state index is 13.1. The molecule has 8 nitrogen and oxygen atoms in total. The Labute approximate surface area is 203 Å². The normalized spacial score (nSPS) is 13.3. The van der Waals surface area contributed by atoms with E-state index in [9.17, 15) is 14.4 Å². The third kappa shape index (κ3) is 5.24. The highest BCUT2D eigenvalue weighted by molar-refractivity contribution is 8.00. The number of hydrogen-bond donors (Lipinski definition) is 1. The molecule has 34 heavy (non-hydrogen) atoms. The minimum Gasteiger partial charge on any atom is -0.325 e. The Bertz CT molecular complexity index is 1330. The largest absolute Gasteiger partial charge is 0.332 e. The van der Waals surface area contributed by atoms with E-state index in [1.165, 1.54) is 23.4 Å². The van der Waals surface area contributed by atoms with Crippen LogP contribution in [0, 0.1) is 12.8 Å². The second-order valence-electron chi connectivity index (χ2n) is 9.07. The van der Waals surface area contributed by atoms with Crippen molar-refractivity contribution in [3.05, 3.63) is 56.5 Å². The number of rotatable bonds is 8. The van der Waals surface area contributed by atoms with E-state index >= 15 is 0 Å². The van der Waals surface area contributed by atoms with Crippen molar-refractivity contribution >= 4 is 34.4 Å². The molecule has 0 aliphatic heterocycles. The summed E-state index contributed by atoms with van der Waals surface area (Å²) < 4.78 is 2.61. The van der Waals surface area contributed by atoms with Crippen LogP contribution in [0.25, 0.3) is 11.0 Å². The quantitative estimate of drug-likeness (QED) is 0.383. The highest BCUT2D eigenvalue weighted by Gasteiger charge is 2.23. The van der Waals surface area contributed by atoms with Gasteiger partial charge in [-0.25, -0.2) is 14.8 Å². The number of nitrogens with zero attached hydrogens (tertiary/aromatic N) is 4. The number of fused-ring (bicyclic) bond motifs is 1. The molecule has 1 N–H and O–H groups in total. The van der Waals surface area contributed by atoms with Gasteiger partial charge in [0, 0.05) is 19.3 Å². The number of para-hydroxylation sites is 1. The Morgan fingerprint density at radius 2 is 1.79 bits per heavy atom. The Morgan fingerprint density at radius 3 is 2.44 bits per heavy atom. The summed E-state index contributed by atoms with van der Waals surface area (Å²) in [5.41, 5.74) is 1.32. The van der Waals surface area contributed by atoms with Gasteiger partial charge in [0.25, 0.3) is 5.56 Å². The Kier molecular flexibility index (Phi) is 7.97. The van der Waals surface area contributed by atoms with Gasteiger partial charge in [0.2, 0.25) is 5.91 Å². The summed E-state index contributed by atoms with van der Waals surface area (Å²) in [5.74, 6) is 0.751. The zero-order chi connectivity index (χ0) is 25.2. The van der Waals surface area contributed by atoms with Crippen LogP contribution in [0.3, 0.4) is 0 Å². The van der Waals surface area contributed by atoms with Crippen LogP contribution in [-0.2, 0) is 18.4 Å². The number of aromatic nitrogens is 4. The molecule has 0 aliphatic carbocycles. The third-order valence-corrected chi connectivity index (χ3v) is 6.91. The fourth-order valence-corrected chi connectivity index (χ4v) is 4.75. The molecule has 3 aromatic rings. The summed E-state index contributed by atoms with van der Waals surface area (Å²) in [7, 11) is 1.46. The number of thioether (sulfide) groups is 1. The molecule has 3 rings (SSSR count). The number of nitrogens with one attached hydrogen (secondary N) is 1. The smallest absolute Gasteiger partial charge is 0.325 e. The van der Waals surface area contributed by atoms with Crippen LogP contribution in [0.15, 0.2) is 38.9 Å². The molecular weight excluding hydrogens is 450 g/mol. The molecule has 0 fully saturated rings. The van der Waals surface area contributed by atoms with E-state index in [-0.39, 0.29) is 17.2 Å². The summed E-state index contributed by atoms with van der Waals surface area (Å²) in [6.07, 6.45) is 0.963. The molecule has 182 valence electrons. The van der Waals surface area contributed by atoms with Crippen LogP contribution in [0.1, 0.15) is 58.3 Å². The van der Waals surface area contributed by atoms with E-state index in [4.69, 9.17) is 0 Å². The fraction of sp³-hybridized carbons (Fsp3) is 0.480. The van der Waals surface area contributed by atoms with Crippen molar-refractivity contribution < 1.29 is 4.79 Å². The molecule has 0 bridgehead atoms. The van der Waals surface area contributed by atoms with Gasteiger partial charge in [0.1, 0.15) is 16.2 Å². The van der Waals surface area contributed by atoms with Crippen LogP contribution in [0.4, 0.5) is 5.69 Å². The van der Waals surface area contributed by atoms with Gasteiger partial charge in [0.15, 0.2) is 5.65 Å². The standard InChI is InChI=1S/C25H33N5O3S/c1-8-15(4)18-11-9-10-12-19(18)28-22(31)16(5)34-23-20-21(26-17(6)27-23)30(13-14(2)3)25(33)29(7)24(20)32/h9-12,14-16H,8,13H2,1-7H3,(H,28,31). The monoisotopic (exact) mass is 483 g/mol. The molecule has 0 radical (unpaired) electrons. The van der Waals surface area contributed by atoms with Gasteiger partial charge in [-0.2, -0.15) is 0 Å². The van der Waals surface area contributed by atoms with Crippen LogP contribution < -0.4 is 16.6 Å². The lowest BCUT2D eigenvalue weighted by Crippen LogP contribution is -2.39. The molecular formula is C25H33N5O3S. The first-order valence-electron chi connectivity index (χ1n) is 11.6. The van der Waals surface area contributed by atoms with E-state index in [0.717, 1.165) is 22.2 Å². The van der Waals surface area contributed by atoms with E-state index in [1.807, 2.05) is 38.1 Å². The summed E-state index contributed by atoms with van der Waals surface area (Å²) >= 11 is 1.20. The highest BCUT2D eigenvalue weighted by Crippen LogP contribution is 2.30. The number of benzene rings is 1. The number of anilines is 1. The van der Waals surface area contributed by atoms with Crippen molar-refractivity contribution in [2.24, 2.45) is 13.0 Å². The number of amides is 1. The van der Waals surface area contributed by atoms with Crippen LogP contribution in [-0.4, -0.2) is 30.3 Å². The van der Waals surface area contributed by atoms with Gasteiger partial charge in [-0.1, -0.05) is 57.7 Å². The summed E-state index contributed by atoms with van der Waals surface area (Å²) in [5, 5.41) is 3.17. The van der Waals surface area contributed by atoms with Gasteiger partial charge in [-0.3, -0.25) is 18.7 Å². The van der Waals surface area contributed by atoms with Gasteiger partial charge in [0.05, 0.1) is 5.25 Å². The van der Waals surface area contributed by atoms with Crippen LogP contribution in [0.5, 0.6) is 0 Å². The maximum absolute atomic E-state index is 13.1. The average Bonchev–Trinajstić information content (AvgIpc) is 2.79. The Morgan fingerprint density at radius 1 is 1.12 bits per heavy atom. The fourth-order valence-electron chi connectivity index (χ4n) is 3.77. The summed E-state index contributed by atoms with van der Waals surface area (Å²) in [4.78, 5) is 47.9. The van der Waals surface area contributed by atoms with Crippen molar-refractivity contribution in [3.8, 4) is 0 Å². The zero-order valence-electron chi connectivity index (χ0n) is 20.9. The minimum atomic E-state index is -0.530. The first-order chi connectivity index (χ1) is 16.0. The molecule has 0 aliphatic rings. The number of aryl methyl sites for hydroxylation is 1. The van der Waals surface area contributed by atoms with Crippen molar-refractivity contribution in [2.75, 3.05) is 5.32 Å². The third-order valence-electron chi connectivity index (χ3n) is 5.83. The first-order valence-corrected chi connectivity index (χ1v) is 12.5. The maximum Gasteiger partial charge on any atom is 0.332 e. The predicted octanol–water partition coefficient (Wildman–Crippen LogP) is 4.09. The lowest BCUT2D eigenvalue weighted by Gasteiger charge is -2.18. The lowest BCUT2D eigenvalue weighted by atomic mass is 9.97. The highest BCUT2D eigenvalue weighted by atomic mass is 32.2. The van der Waals surface area contributed by atoms with Gasteiger partial charge in [-0.15, -0.1) is 0 Å². The molecule has 0 saturated carbocycles. The number of hydrogen-bond acceptors (Lipinski definition) is 6. The topological polar surface area (TPSA) is 98.9 Å². The molecule has 2 atom stereocenters. The Balaban J connectivity index is 2.01. The second-order valence-corrected chi connectivity index (χ2v) is 10.4. The molecule has 2 unspecified atom stereocenters. The molecule has 2 aromatic heterocycles. The molecule has 0 spiro atoms. The molecule has 1 aromatic carbocycles. The first kappa shape index (κ1) is 25.7. The second kappa shape index (κ2) is 10.5. The lowest BCUT2D eigenvalue weighted by molar-refractivity contribution is -0.115. The van der Waals surface area contributed by atoms with E-state index in [0.29, 0.717) is 29.0 Å². The number of carbonyl (C=O) groups is 1. The average molecular weight is 484 g/mol. The summed E-state index contributed by atoms with van der Waals surface area (Å²) in [6, 6.07) is 7.80. The predicted molar refractivity (Wildman–Crippen MR) is 138 cm³/mol. The van der Waals surface area contributed by atoms with E-state index in [1.54, 1.807) is 13.8 Å². The number of carbonyl (C=O) groups excluding carboxylic acids is 1. The van der Waals surface area contributed by atoms with E-state index < -0.39 is 16.5 Å². The van der Waals surface area contributed by atoms with Crippen LogP contribution in [0.2, 0.25) is 0 Å². The zero-order valence-corrected chi connectivity index (χ0v) is 21.7. The molecule has 1 amide bonds. The Hall–Kier alpha value is -2.94. The van der Waals surface area contributed by atoms with Crippen molar-refractivity contribution in [3.63, 3.8) is 0 Å². The van der Waals surface area contributed by atoms with Crippen molar-refractivity contribution in [2.45, 2.75) is 70.7 Å². The molecule has 0 saturated heterocycles.